The minimum absolute atomic E-state index is 0.153. The van der Waals surface area contributed by atoms with Crippen LogP contribution >= 0.6 is 0 Å². The van der Waals surface area contributed by atoms with Crippen molar-refractivity contribution in [2.45, 2.75) is 33.3 Å². The minimum Gasteiger partial charge on any atom is -0.375 e. The predicted molar refractivity (Wildman–Crippen MR) is 78.5 cm³/mol. The summed E-state index contributed by atoms with van der Waals surface area (Å²) in [4.78, 5) is 22.3. The van der Waals surface area contributed by atoms with Gasteiger partial charge in [-0.1, -0.05) is 19.1 Å². The summed E-state index contributed by atoms with van der Waals surface area (Å²) in [5.74, 6) is -0.603. The van der Waals surface area contributed by atoms with Gasteiger partial charge in [-0.15, -0.1) is 0 Å². The summed E-state index contributed by atoms with van der Waals surface area (Å²) < 4.78 is 15.2. The number of ether oxygens (including phenoxy) is 3. The molecule has 0 unspecified atom stereocenters. The maximum absolute atomic E-state index is 11.4. The van der Waals surface area contributed by atoms with Crippen LogP contribution in [-0.4, -0.2) is 44.7 Å². The minimum atomic E-state index is -0.825. The zero-order chi connectivity index (χ0) is 16.1. The fourth-order valence-electron chi connectivity index (χ4n) is 1.51. The first-order valence-corrected chi connectivity index (χ1v) is 7.04. The average molecular weight is 302 g/mol. The van der Waals surface area contributed by atoms with Gasteiger partial charge in [-0.2, -0.15) is 0 Å². The first kappa shape index (κ1) is 19.6. The Hall–Kier alpha value is -1.44. The lowest BCUT2D eigenvalue weighted by atomic mass is 10.0. The number of rotatable bonds is 10. The molecule has 0 heterocycles. The van der Waals surface area contributed by atoms with Gasteiger partial charge >= 0.3 is 12.1 Å². The standard InChI is InChI=1S/C14H26N2O5/c1-4-6-7-11(3)12(20-10-19-5-2)9-16-14(18)21-13(17)8-15/h4,6,11-12H,5,7-10,15H2,1-3H3,(H,16,18)/b6-4+/t11-,12+/m1/s1. The molecule has 0 aromatic heterocycles. The van der Waals surface area contributed by atoms with Crippen molar-refractivity contribution in [3.8, 4) is 0 Å². The second kappa shape index (κ2) is 12.3. The van der Waals surface area contributed by atoms with Gasteiger partial charge in [0.15, 0.2) is 0 Å². The van der Waals surface area contributed by atoms with Gasteiger partial charge in [-0.25, -0.2) is 4.79 Å². The molecule has 2 atom stereocenters. The highest BCUT2D eigenvalue weighted by Gasteiger charge is 2.19. The fourth-order valence-corrected chi connectivity index (χ4v) is 1.51. The lowest BCUT2D eigenvalue weighted by molar-refractivity contribution is -0.136. The van der Waals surface area contributed by atoms with Gasteiger partial charge in [0, 0.05) is 13.2 Å². The zero-order valence-electron chi connectivity index (χ0n) is 13.0. The van der Waals surface area contributed by atoms with Crippen LogP contribution in [0.3, 0.4) is 0 Å². The number of esters is 1. The van der Waals surface area contributed by atoms with Crippen LogP contribution < -0.4 is 11.1 Å². The molecule has 0 spiro atoms. The van der Waals surface area contributed by atoms with E-state index in [0.29, 0.717) is 6.61 Å². The lowest BCUT2D eigenvalue weighted by Crippen LogP contribution is -2.39. The summed E-state index contributed by atoms with van der Waals surface area (Å²) in [6.07, 6.45) is 3.73. The number of hydrogen-bond donors (Lipinski definition) is 2. The van der Waals surface area contributed by atoms with E-state index in [-0.39, 0.29) is 31.9 Å². The number of nitrogens with two attached hydrogens (primary N) is 1. The molecular formula is C14H26N2O5. The average Bonchev–Trinajstić information content (AvgIpc) is 2.48. The van der Waals surface area contributed by atoms with Crippen LogP contribution in [0.1, 0.15) is 27.2 Å². The monoisotopic (exact) mass is 302 g/mol. The van der Waals surface area contributed by atoms with Crippen molar-refractivity contribution in [1.29, 1.82) is 0 Å². The molecule has 0 aliphatic carbocycles. The van der Waals surface area contributed by atoms with E-state index in [4.69, 9.17) is 15.2 Å². The van der Waals surface area contributed by atoms with E-state index in [9.17, 15) is 9.59 Å². The maximum atomic E-state index is 11.4. The Morgan fingerprint density at radius 3 is 2.67 bits per heavy atom. The third kappa shape index (κ3) is 10.0. The smallest absolute Gasteiger partial charge is 0.375 e. The Kier molecular flexibility index (Phi) is 11.5. The molecule has 21 heavy (non-hydrogen) atoms. The van der Waals surface area contributed by atoms with Gasteiger partial charge in [0.25, 0.3) is 0 Å². The lowest BCUT2D eigenvalue weighted by Gasteiger charge is -2.23. The molecule has 0 aliphatic heterocycles. The Morgan fingerprint density at radius 2 is 2.10 bits per heavy atom. The number of carbonyl (C=O) groups is 2. The zero-order valence-corrected chi connectivity index (χ0v) is 13.0. The van der Waals surface area contributed by atoms with Crippen LogP contribution in [0, 0.1) is 5.92 Å². The van der Waals surface area contributed by atoms with Gasteiger partial charge in [-0.05, 0) is 26.2 Å². The maximum Gasteiger partial charge on any atom is 0.415 e. The predicted octanol–water partition coefficient (Wildman–Crippen LogP) is 1.18. The van der Waals surface area contributed by atoms with E-state index >= 15 is 0 Å². The highest BCUT2D eigenvalue weighted by atomic mass is 16.7. The second-order valence-corrected chi connectivity index (χ2v) is 4.44. The van der Waals surface area contributed by atoms with Gasteiger partial charge in [0.2, 0.25) is 0 Å². The Bertz CT molecular complexity index is 333. The van der Waals surface area contributed by atoms with E-state index < -0.39 is 12.1 Å². The molecular weight excluding hydrogens is 276 g/mol. The van der Waals surface area contributed by atoms with Crippen LogP contribution in [0.25, 0.3) is 0 Å². The molecule has 0 aromatic rings. The molecule has 0 radical (unpaired) electrons. The number of amides is 1. The van der Waals surface area contributed by atoms with Crippen molar-refractivity contribution in [2.75, 3.05) is 26.5 Å². The summed E-state index contributed by atoms with van der Waals surface area (Å²) in [6, 6.07) is 0. The van der Waals surface area contributed by atoms with Crippen LogP contribution in [0.4, 0.5) is 4.79 Å². The summed E-state index contributed by atoms with van der Waals surface area (Å²) >= 11 is 0. The van der Waals surface area contributed by atoms with Crippen molar-refractivity contribution >= 4 is 12.1 Å². The van der Waals surface area contributed by atoms with Crippen molar-refractivity contribution in [3.05, 3.63) is 12.2 Å². The second-order valence-electron chi connectivity index (χ2n) is 4.44. The molecule has 0 saturated heterocycles. The van der Waals surface area contributed by atoms with Crippen LogP contribution in [0.5, 0.6) is 0 Å². The van der Waals surface area contributed by atoms with E-state index in [0.717, 1.165) is 6.42 Å². The van der Waals surface area contributed by atoms with E-state index in [1.807, 2.05) is 32.9 Å². The number of carbonyl (C=O) groups excluding carboxylic acids is 2. The molecule has 7 nitrogen and oxygen atoms in total. The first-order valence-electron chi connectivity index (χ1n) is 7.04. The van der Waals surface area contributed by atoms with Gasteiger partial charge in [0.1, 0.15) is 6.79 Å². The molecule has 0 fully saturated rings. The van der Waals surface area contributed by atoms with E-state index in [2.05, 4.69) is 10.1 Å². The van der Waals surface area contributed by atoms with E-state index in [1.165, 1.54) is 0 Å². The summed E-state index contributed by atoms with van der Waals surface area (Å²) in [5.41, 5.74) is 5.06. The topological polar surface area (TPSA) is 99.9 Å². The summed E-state index contributed by atoms with van der Waals surface area (Å²) in [5, 5.41) is 2.49. The van der Waals surface area contributed by atoms with Crippen molar-refractivity contribution in [3.63, 3.8) is 0 Å². The molecule has 122 valence electrons. The van der Waals surface area contributed by atoms with Gasteiger partial charge < -0.3 is 25.3 Å². The van der Waals surface area contributed by atoms with E-state index in [1.54, 1.807) is 0 Å². The molecule has 0 rings (SSSR count). The molecule has 0 aromatic carbocycles. The van der Waals surface area contributed by atoms with Gasteiger partial charge in [0.05, 0.1) is 12.6 Å². The molecule has 3 N–H and O–H groups in total. The third-order valence-corrected chi connectivity index (χ3v) is 2.77. The largest absolute Gasteiger partial charge is 0.415 e. The molecule has 0 aliphatic rings. The van der Waals surface area contributed by atoms with Crippen molar-refractivity contribution in [2.24, 2.45) is 11.7 Å². The van der Waals surface area contributed by atoms with Crippen molar-refractivity contribution < 1.29 is 23.8 Å². The van der Waals surface area contributed by atoms with Crippen LogP contribution in [0.2, 0.25) is 0 Å². The van der Waals surface area contributed by atoms with Gasteiger partial charge in [-0.3, -0.25) is 4.79 Å². The van der Waals surface area contributed by atoms with Crippen LogP contribution in [-0.2, 0) is 19.0 Å². The highest BCUT2D eigenvalue weighted by molar-refractivity contribution is 5.85. The number of alkyl carbamates (subject to hydrolysis) is 1. The number of hydrogen-bond acceptors (Lipinski definition) is 6. The Labute approximate surface area is 125 Å². The van der Waals surface area contributed by atoms with Crippen molar-refractivity contribution in [1.82, 2.24) is 5.32 Å². The fraction of sp³-hybridized carbons (Fsp3) is 0.714. The Balaban J connectivity index is 4.30. The quantitative estimate of drug-likeness (QED) is 0.207. The highest BCUT2D eigenvalue weighted by Crippen LogP contribution is 2.12. The SMILES string of the molecule is C/C=C/C[C@@H](C)[C@H](CNC(=O)OC(=O)CN)OCOCC. The Morgan fingerprint density at radius 1 is 1.38 bits per heavy atom. The first-order chi connectivity index (χ1) is 10.0. The molecule has 0 saturated carbocycles. The third-order valence-electron chi connectivity index (χ3n) is 2.77. The molecule has 1 amide bonds. The normalized spacial score (nSPS) is 13.9. The summed E-state index contributed by atoms with van der Waals surface area (Å²) in [7, 11) is 0. The summed E-state index contributed by atoms with van der Waals surface area (Å²) in [6.45, 7) is 6.41. The number of allylic oxidation sites excluding steroid dienone is 2. The van der Waals surface area contributed by atoms with Crippen LogP contribution in [0.15, 0.2) is 12.2 Å². The number of nitrogens with one attached hydrogen (secondary N) is 1. The molecule has 0 bridgehead atoms. The molecule has 7 heteroatoms.